The van der Waals surface area contributed by atoms with Crippen molar-refractivity contribution in [3.8, 4) is 0 Å². The maximum Gasteiger partial charge on any atom is 0.325 e. The van der Waals surface area contributed by atoms with Crippen LogP contribution in [0, 0.1) is 11.3 Å². The average Bonchev–Trinajstić information content (AvgIpc) is 3.26. The lowest BCUT2D eigenvalue weighted by Gasteiger charge is -2.43. The normalized spacial score (nSPS) is 29.0. The standard InChI is InChI=1S/C16H21NO4/c1-2-21-15(20)16-7-5-13(18)9-12(16)6-8-17(14(16)19)10-11-3-4-11/h9,11H,2-8,10H2,1H3. The molecule has 1 unspecified atom stereocenters. The molecule has 0 radical (unpaired) electrons. The van der Waals surface area contributed by atoms with Gasteiger partial charge in [0.05, 0.1) is 6.61 Å². The first-order valence-electron chi connectivity index (χ1n) is 7.78. The molecule has 1 saturated carbocycles. The van der Waals surface area contributed by atoms with Gasteiger partial charge in [-0.05, 0) is 50.2 Å². The molecule has 3 aliphatic rings. The van der Waals surface area contributed by atoms with Crippen molar-refractivity contribution in [2.75, 3.05) is 19.7 Å². The van der Waals surface area contributed by atoms with Crippen molar-refractivity contribution in [2.24, 2.45) is 11.3 Å². The topological polar surface area (TPSA) is 63.7 Å². The zero-order valence-corrected chi connectivity index (χ0v) is 12.4. The van der Waals surface area contributed by atoms with Crippen molar-refractivity contribution >= 4 is 17.7 Å². The number of amides is 1. The molecule has 0 aromatic rings. The highest BCUT2D eigenvalue weighted by atomic mass is 16.5. The Morgan fingerprint density at radius 2 is 2.14 bits per heavy atom. The summed E-state index contributed by atoms with van der Waals surface area (Å²) in [6.07, 6.45) is 4.94. The second-order valence-corrected chi connectivity index (χ2v) is 6.21. The number of likely N-dealkylation sites (tertiary alicyclic amines) is 1. The lowest BCUT2D eigenvalue weighted by Crippen LogP contribution is -2.56. The maximum absolute atomic E-state index is 12.9. The SMILES string of the molecule is CCOC(=O)C12CCC(=O)C=C1CCN(CC1CC1)C2=O. The van der Waals surface area contributed by atoms with E-state index in [1.165, 1.54) is 6.08 Å². The highest BCUT2D eigenvalue weighted by Gasteiger charge is 2.56. The van der Waals surface area contributed by atoms with Gasteiger partial charge in [-0.3, -0.25) is 14.4 Å². The highest BCUT2D eigenvalue weighted by molar-refractivity contribution is 6.10. The minimum Gasteiger partial charge on any atom is -0.465 e. The van der Waals surface area contributed by atoms with Crippen LogP contribution in [0.4, 0.5) is 0 Å². The molecular weight excluding hydrogens is 270 g/mol. The molecule has 0 spiro atoms. The number of esters is 1. The molecule has 114 valence electrons. The third kappa shape index (κ3) is 2.39. The zero-order chi connectivity index (χ0) is 15.0. The molecular formula is C16H21NO4. The Balaban J connectivity index is 1.93. The molecule has 2 aliphatic carbocycles. The predicted molar refractivity (Wildman–Crippen MR) is 75.3 cm³/mol. The van der Waals surface area contributed by atoms with E-state index in [1.54, 1.807) is 6.92 Å². The Kier molecular flexibility index (Phi) is 3.59. The first kappa shape index (κ1) is 14.3. The van der Waals surface area contributed by atoms with Crippen LogP contribution in [0.3, 0.4) is 0 Å². The van der Waals surface area contributed by atoms with Crippen molar-refractivity contribution in [1.29, 1.82) is 0 Å². The van der Waals surface area contributed by atoms with Crippen LogP contribution in [-0.4, -0.2) is 42.3 Å². The molecule has 1 saturated heterocycles. The van der Waals surface area contributed by atoms with E-state index >= 15 is 0 Å². The third-order valence-electron chi connectivity index (χ3n) is 4.73. The summed E-state index contributed by atoms with van der Waals surface area (Å²) in [5.41, 5.74) is -0.564. The van der Waals surface area contributed by atoms with Gasteiger partial charge in [0.1, 0.15) is 0 Å². The third-order valence-corrected chi connectivity index (χ3v) is 4.73. The summed E-state index contributed by atoms with van der Waals surface area (Å²) in [5, 5.41) is 0. The van der Waals surface area contributed by atoms with E-state index in [1.807, 2.05) is 4.90 Å². The summed E-state index contributed by atoms with van der Waals surface area (Å²) >= 11 is 0. The fraction of sp³-hybridized carbons (Fsp3) is 0.688. The van der Waals surface area contributed by atoms with Crippen molar-refractivity contribution in [1.82, 2.24) is 4.90 Å². The van der Waals surface area contributed by atoms with Crippen LogP contribution in [0.1, 0.15) is 39.0 Å². The summed E-state index contributed by atoms with van der Waals surface area (Å²) in [7, 11) is 0. The maximum atomic E-state index is 12.9. The average molecular weight is 291 g/mol. The number of piperidine rings is 1. The predicted octanol–water partition coefficient (Wildman–Crippen LogP) is 1.47. The number of carbonyl (C=O) groups excluding carboxylic acids is 3. The van der Waals surface area contributed by atoms with Gasteiger partial charge in [0.15, 0.2) is 11.2 Å². The lowest BCUT2D eigenvalue weighted by molar-refractivity contribution is -0.165. The molecule has 1 heterocycles. The molecule has 0 bridgehead atoms. The molecule has 1 aliphatic heterocycles. The Morgan fingerprint density at radius 1 is 1.38 bits per heavy atom. The lowest BCUT2D eigenvalue weighted by atomic mass is 9.68. The Hall–Kier alpha value is -1.65. The number of hydrogen-bond donors (Lipinski definition) is 0. The Morgan fingerprint density at radius 3 is 2.81 bits per heavy atom. The summed E-state index contributed by atoms with van der Waals surface area (Å²) in [6.45, 7) is 3.33. The van der Waals surface area contributed by atoms with E-state index in [2.05, 4.69) is 0 Å². The first-order chi connectivity index (χ1) is 10.1. The fourth-order valence-electron chi connectivity index (χ4n) is 3.38. The second kappa shape index (κ2) is 5.28. The monoisotopic (exact) mass is 291 g/mol. The van der Waals surface area contributed by atoms with E-state index in [0.29, 0.717) is 24.5 Å². The molecule has 1 atom stereocenters. The molecule has 0 N–H and O–H groups in total. The van der Waals surface area contributed by atoms with E-state index in [0.717, 1.165) is 19.4 Å². The summed E-state index contributed by atoms with van der Waals surface area (Å²) in [6, 6.07) is 0. The summed E-state index contributed by atoms with van der Waals surface area (Å²) in [5.74, 6) is -0.0376. The van der Waals surface area contributed by atoms with Crippen molar-refractivity contribution in [3.63, 3.8) is 0 Å². The molecule has 21 heavy (non-hydrogen) atoms. The van der Waals surface area contributed by atoms with Gasteiger partial charge in [-0.1, -0.05) is 0 Å². The zero-order valence-electron chi connectivity index (χ0n) is 12.4. The Labute approximate surface area is 124 Å². The van der Waals surface area contributed by atoms with Crippen LogP contribution in [0.5, 0.6) is 0 Å². The van der Waals surface area contributed by atoms with Crippen LogP contribution in [0.25, 0.3) is 0 Å². The van der Waals surface area contributed by atoms with Gasteiger partial charge in [0, 0.05) is 19.5 Å². The van der Waals surface area contributed by atoms with Crippen LogP contribution in [-0.2, 0) is 19.1 Å². The van der Waals surface area contributed by atoms with Gasteiger partial charge in [0.2, 0.25) is 5.91 Å². The molecule has 0 aromatic carbocycles. The molecule has 5 nitrogen and oxygen atoms in total. The van der Waals surface area contributed by atoms with Crippen LogP contribution >= 0.6 is 0 Å². The van der Waals surface area contributed by atoms with Crippen molar-refractivity contribution in [2.45, 2.75) is 39.0 Å². The van der Waals surface area contributed by atoms with Crippen molar-refractivity contribution < 1.29 is 19.1 Å². The van der Waals surface area contributed by atoms with E-state index in [-0.39, 0.29) is 31.1 Å². The molecule has 1 amide bonds. The minimum atomic E-state index is -1.23. The number of hydrogen-bond acceptors (Lipinski definition) is 4. The van der Waals surface area contributed by atoms with Gasteiger partial charge in [0.25, 0.3) is 0 Å². The van der Waals surface area contributed by atoms with Gasteiger partial charge in [-0.25, -0.2) is 0 Å². The summed E-state index contributed by atoms with van der Waals surface area (Å²) < 4.78 is 5.18. The largest absolute Gasteiger partial charge is 0.465 e. The number of fused-ring (bicyclic) bond motifs is 1. The second-order valence-electron chi connectivity index (χ2n) is 6.21. The van der Waals surface area contributed by atoms with E-state index in [4.69, 9.17) is 4.74 Å². The summed E-state index contributed by atoms with van der Waals surface area (Å²) in [4.78, 5) is 38.9. The minimum absolute atomic E-state index is 0.00775. The fourth-order valence-corrected chi connectivity index (χ4v) is 3.38. The number of carbonyl (C=O) groups is 3. The highest BCUT2D eigenvalue weighted by Crippen LogP contribution is 2.45. The van der Waals surface area contributed by atoms with E-state index < -0.39 is 11.4 Å². The molecule has 5 heteroatoms. The van der Waals surface area contributed by atoms with Crippen LogP contribution in [0.15, 0.2) is 11.6 Å². The molecule has 3 rings (SSSR count). The Bertz CT molecular complexity index is 520. The number of allylic oxidation sites excluding steroid dienone is 1. The number of ketones is 1. The number of rotatable bonds is 4. The van der Waals surface area contributed by atoms with Gasteiger partial charge in [-0.15, -0.1) is 0 Å². The van der Waals surface area contributed by atoms with Gasteiger partial charge in [-0.2, -0.15) is 0 Å². The number of nitrogens with zero attached hydrogens (tertiary/aromatic N) is 1. The van der Waals surface area contributed by atoms with Crippen molar-refractivity contribution in [3.05, 3.63) is 11.6 Å². The quantitative estimate of drug-likeness (QED) is 0.581. The molecule has 0 aromatic heterocycles. The number of ether oxygens (including phenoxy) is 1. The van der Waals surface area contributed by atoms with Gasteiger partial charge >= 0.3 is 5.97 Å². The van der Waals surface area contributed by atoms with E-state index in [9.17, 15) is 14.4 Å². The first-order valence-corrected chi connectivity index (χ1v) is 7.78. The van der Waals surface area contributed by atoms with Crippen LogP contribution in [0.2, 0.25) is 0 Å². The molecule has 2 fully saturated rings. The van der Waals surface area contributed by atoms with Crippen LogP contribution < -0.4 is 0 Å². The van der Waals surface area contributed by atoms with Gasteiger partial charge < -0.3 is 9.64 Å². The smallest absolute Gasteiger partial charge is 0.325 e.